The molecule has 196 valence electrons. The molecule has 36 heavy (non-hydrogen) atoms. The van der Waals surface area contributed by atoms with E-state index in [0.717, 1.165) is 72.9 Å². The first-order valence-electron chi connectivity index (χ1n) is 12.3. The third kappa shape index (κ3) is 5.68. The average molecular weight is 538 g/mol. The van der Waals surface area contributed by atoms with Gasteiger partial charge in [-0.05, 0) is 73.4 Å². The Bertz CT molecular complexity index is 1170. The van der Waals surface area contributed by atoms with Crippen LogP contribution in [0.5, 0.6) is 5.75 Å². The van der Waals surface area contributed by atoms with Crippen molar-refractivity contribution in [2.24, 2.45) is 5.92 Å². The molecule has 2 aromatic carbocycles. The van der Waals surface area contributed by atoms with Crippen LogP contribution in [0.3, 0.4) is 0 Å². The molecule has 5 rings (SSSR count). The summed E-state index contributed by atoms with van der Waals surface area (Å²) in [6, 6.07) is 10.9. The number of nitrogens with one attached hydrogen (secondary N) is 2. The van der Waals surface area contributed by atoms with Crippen molar-refractivity contribution in [3.63, 3.8) is 0 Å². The summed E-state index contributed by atoms with van der Waals surface area (Å²) in [7, 11) is 1.69. The predicted octanol–water partition coefficient (Wildman–Crippen LogP) is 6.81. The highest BCUT2D eigenvalue weighted by Gasteiger charge is 2.27. The fourth-order valence-corrected chi connectivity index (χ4v) is 5.35. The number of anilines is 2. The van der Waals surface area contributed by atoms with Gasteiger partial charge in [-0.1, -0.05) is 13.0 Å². The summed E-state index contributed by atoms with van der Waals surface area (Å²) in [6.07, 6.45) is 5.88. The van der Waals surface area contributed by atoms with Crippen LogP contribution in [0.15, 0.2) is 42.6 Å². The molecule has 0 spiro atoms. The number of urea groups is 1. The molecule has 0 bridgehead atoms. The Labute approximate surface area is 224 Å². The molecule has 2 aliphatic rings. The van der Waals surface area contributed by atoms with Gasteiger partial charge in [-0.25, -0.2) is 9.18 Å². The van der Waals surface area contributed by atoms with E-state index in [1.54, 1.807) is 13.2 Å². The van der Waals surface area contributed by atoms with Crippen molar-refractivity contribution >= 4 is 53.1 Å². The molecule has 0 unspecified atom stereocenters. The minimum absolute atomic E-state index is 0. The molecule has 2 saturated heterocycles. The SMILES string of the molecule is COc1ccc(NC(=O)N2CCC(c3c[nH]c4cccc(F)c34)CC2)cc1N1CCC(C)CC1.Cl.Cl. The minimum atomic E-state index is -0.188. The summed E-state index contributed by atoms with van der Waals surface area (Å²) in [5, 5.41) is 3.76. The molecule has 2 fully saturated rings. The molecule has 0 aliphatic carbocycles. The van der Waals surface area contributed by atoms with Gasteiger partial charge >= 0.3 is 6.03 Å². The van der Waals surface area contributed by atoms with Gasteiger partial charge < -0.3 is 24.8 Å². The molecule has 1 aromatic heterocycles. The van der Waals surface area contributed by atoms with Crippen molar-refractivity contribution in [1.82, 2.24) is 9.88 Å². The highest BCUT2D eigenvalue weighted by atomic mass is 35.5. The Morgan fingerprint density at radius 1 is 1.06 bits per heavy atom. The van der Waals surface area contributed by atoms with Crippen LogP contribution in [0.1, 0.15) is 44.1 Å². The average Bonchev–Trinajstić information content (AvgIpc) is 3.30. The zero-order valence-electron chi connectivity index (χ0n) is 20.8. The number of methoxy groups -OCH3 is 1. The number of rotatable bonds is 4. The third-order valence-corrected chi connectivity index (χ3v) is 7.46. The number of aromatic amines is 1. The van der Waals surface area contributed by atoms with Crippen LogP contribution < -0.4 is 15.0 Å². The maximum atomic E-state index is 14.4. The first-order valence-corrected chi connectivity index (χ1v) is 12.3. The fraction of sp³-hybridized carbons (Fsp3) is 0.444. The van der Waals surface area contributed by atoms with Crippen LogP contribution in [-0.2, 0) is 0 Å². The maximum Gasteiger partial charge on any atom is 0.321 e. The van der Waals surface area contributed by atoms with Crippen LogP contribution in [0.25, 0.3) is 10.9 Å². The van der Waals surface area contributed by atoms with Crippen LogP contribution >= 0.6 is 24.8 Å². The van der Waals surface area contributed by atoms with E-state index in [-0.39, 0.29) is 42.6 Å². The highest BCUT2D eigenvalue weighted by molar-refractivity contribution is 5.90. The second-order valence-electron chi connectivity index (χ2n) is 9.65. The lowest BCUT2D eigenvalue weighted by atomic mass is 9.89. The quantitative estimate of drug-likeness (QED) is 0.385. The number of aromatic nitrogens is 1. The van der Waals surface area contributed by atoms with E-state index < -0.39 is 0 Å². The van der Waals surface area contributed by atoms with E-state index in [1.807, 2.05) is 35.4 Å². The first kappa shape index (κ1) is 27.9. The monoisotopic (exact) mass is 536 g/mol. The molecule has 9 heteroatoms. The largest absolute Gasteiger partial charge is 0.495 e. The Morgan fingerprint density at radius 2 is 1.78 bits per heavy atom. The molecule has 3 heterocycles. The van der Waals surface area contributed by atoms with Crippen LogP contribution in [0.4, 0.5) is 20.6 Å². The summed E-state index contributed by atoms with van der Waals surface area (Å²) in [5.74, 6) is 1.63. The van der Waals surface area contributed by atoms with Gasteiger partial charge in [0.2, 0.25) is 0 Å². The lowest BCUT2D eigenvalue weighted by molar-refractivity contribution is 0.194. The zero-order chi connectivity index (χ0) is 23.7. The number of fused-ring (bicyclic) bond motifs is 1. The number of carbonyl (C=O) groups excluding carboxylic acids is 1. The summed E-state index contributed by atoms with van der Waals surface area (Å²) >= 11 is 0. The Kier molecular flexibility index (Phi) is 9.36. The number of H-pyrrole nitrogens is 1. The molecule has 2 aliphatic heterocycles. The number of amides is 2. The van der Waals surface area contributed by atoms with Crippen molar-refractivity contribution in [2.45, 2.75) is 38.5 Å². The van der Waals surface area contributed by atoms with Crippen molar-refractivity contribution in [1.29, 1.82) is 0 Å². The van der Waals surface area contributed by atoms with Gasteiger partial charge in [0.05, 0.1) is 12.8 Å². The summed E-state index contributed by atoms with van der Waals surface area (Å²) in [5.41, 5.74) is 3.66. The topological polar surface area (TPSA) is 60.6 Å². The van der Waals surface area contributed by atoms with Gasteiger partial charge in [0, 0.05) is 49.0 Å². The number of ether oxygens (including phenoxy) is 1. The molecule has 3 aromatic rings. The van der Waals surface area contributed by atoms with E-state index in [4.69, 9.17) is 4.74 Å². The van der Waals surface area contributed by atoms with E-state index in [1.165, 1.54) is 6.07 Å². The number of halogens is 3. The standard InChI is InChI=1S/C27H33FN4O2.2ClH/c1-18-8-12-31(13-9-18)24-16-20(6-7-25(24)34-2)30-27(33)32-14-10-19(11-15-32)21-17-29-23-5-3-4-22(28)26(21)23;;/h3-7,16-19,29H,8-15H2,1-2H3,(H,30,33);2*1H. The number of benzene rings is 2. The lowest BCUT2D eigenvalue weighted by Crippen LogP contribution is -2.40. The van der Waals surface area contributed by atoms with Crippen LogP contribution in [-0.4, -0.2) is 49.2 Å². The molecular formula is C27H35Cl2FN4O2. The Balaban J connectivity index is 0.00000180. The van der Waals surface area contributed by atoms with Gasteiger partial charge in [0.25, 0.3) is 0 Å². The van der Waals surface area contributed by atoms with Gasteiger partial charge in [0.15, 0.2) is 0 Å². The molecule has 0 atom stereocenters. The van der Waals surface area contributed by atoms with Gasteiger partial charge in [-0.3, -0.25) is 0 Å². The van der Waals surface area contributed by atoms with Gasteiger partial charge in [-0.15, -0.1) is 24.8 Å². The second-order valence-corrected chi connectivity index (χ2v) is 9.65. The summed E-state index contributed by atoms with van der Waals surface area (Å²) in [6.45, 7) is 5.58. The number of nitrogens with zero attached hydrogens (tertiary/aromatic N) is 2. The highest BCUT2D eigenvalue weighted by Crippen LogP contribution is 2.36. The maximum absolute atomic E-state index is 14.4. The van der Waals surface area contributed by atoms with Crippen molar-refractivity contribution in [3.05, 3.63) is 54.0 Å². The molecule has 2 N–H and O–H groups in total. The van der Waals surface area contributed by atoms with Crippen LogP contribution in [0, 0.1) is 11.7 Å². The van der Waals surface area contributed by atoms with E-state index in [2.05, 4.69) is 22.1 Å². The zero-order valence-corrected chi connectivity index (χ0v) is 22.4. The smallest absolute Gasteiger partial charge is 0.321 e. The number of hydrogen-bond acceptors (Lipinski definition) is 3. The first-order chi connectivity index (χ1) is 16.5. The van der Waals surface area contributed by atoms with Crippen molar-refractivity contribution in [2.75, 3.05) is 43.5 Å². The third-order valence-electron chi connectivity index (χ3n) is 7.46. The number of carbonyl (C=O) groups is 1. The molecule has 0 saturated carbocycles. The normalized spacial score (nSPS) is 16.9. The minimum Gasteiger partial charge on any atom is -0.495 e. The van der Waals surface area contributed by atoms with E-state index in [9.17, 15) is 9.18 Å². The molecule has 2 amide bonds. The Morgan fingerprint density at radius 3 is 2.47 bits per heavy atom. The van der Waals surface area contributed by atoms with Crippen LogP contribution in [0.2, 0.25) is 0 Å². The number of hydrogen-bond donors (Lipinski definition) is 2. The molecule has 0 radical (unpaired) electrons. The predicted molar refractivity (Wildman–Crippen MR) is 149 cm³/mol. The molecular weight excluding hydrogens is 502 g/mol. The number of likely N-dealkylation sites (tertiary alicyclic amines) is 1. The Hall–Kier alpha value is -2.64. The van der Waals surface area contributed by atoms with E-state index >= 15 is 0 Å². The summed E-state index contributed by atoms with van der Waals surface area (Å²) < 4.78 is 20.0. The van der Waals surface area contributed by atoms with Gasteiger partial charge in [0.1, 0.15) is 11.6 Å². The van der Waals surface area contributed by atoms with E-state index in [0.29, 0.717) is 18.5 Å². The summed E-state index contributed by atoms with van der Waals surface area (Å²) in [4.78, 5) is 20.4. The molecule has 6 nitrogen and oxygen atoms in total. The van der Waals surface area contributed by atoms with Crippen molar-refractivity contribution < 1.29 is 13.9 Å². The fourth-order valence-electron chi connectivity index (χ4n) is 5.35. The second kappa shape index (κ2) is 12.1. The van der Waals surface area contributed by atoms with Gasteiger partial charge in [-0.2, -0.15) is 0 Å². The lowest BCUT2D eigenvalue weighted by Gasteiger charge is -2.34. The number of piperidine rings is 2. The van der Waals surface area contributed by atoms with Crippen molar-refractivity contribution in [3.8, 4) is 5.75 Å².